The first-order chi connectivity index (χ1) is 17.0. The van der Waals surface area contributed by atoms with Crippen molar-refractivity contribution in [3.8, 4) is 5.75 Å². The maximum atomic E-state index is 13.9. The lowest BCUT2D eigenvalue weighted by molar-refractivity contribution is -0.124. The summed E-state index contributed by atoms with van der Waals surface area (Å²) < 4.78 is 18.9. The fraction of sp³-hybridized carbons (Fsp3) is 0.185. The number of imide groups is 1. The Hall–Kier alpha value is -4.33. The van der Waals surface area contributed by atoms with Crippen molar-refractivity contribution in [1.82, 2.24) is 5.01 Å². The molecule has 3 heterocycles. The molecule has 3 aromatic rings. The summed E-state index contributed by atoms with van der Waals surface area (Å²) in [6.45, 7) is 0. The number of hydrazone groups is 1. The number of ketones is 1. The Balaban J connectivity index is 1.51. The van der Waals surface area contributed by atoms with Crippen LogP contribution in [0.2, 0.25) is 0 Å². The second kappa shape index (κ2) is 7.87. The number of para-hydroxylation sites is 2. The zero-order valence-electron chi connectivity index (χ0n) is 18.7. The zero-order chi connectivity index (χ0) is 24.3. The van der Waals surface area contributed by atoms with Crippen LogP contribution in [-0.4, -0.2) is 42.0 Å². The van der Waals surface area contributed by atoms with Gasteiger partial charge in [-0.2, -0.15) is 5.10 Å². The summed E-state index contributed by atoms with van der Waals surface area (Å²) in [5, 5.41) is 6.11. The Morgan fingerprint density at radius 3 is 2.37 bits per heavy atom. The van der Waals surface area contributed by atoms with Gasteiger partial charge in [-0.15, -0.1) is 0 Å². The topological polar surface area (TPSA) is 79.3 Å². The van der Waals surface area contributed by atoms with Crippen molar-refractivity contribution in [2.24, 2.45) is 16.9 Å². The Kier molecular flexibility index (Phi) is 4.77. The average Bonchev–Trinajstić information content (AvgIpc) is 3.36. The van der Waals surface area contributed by atoms with Gasteiger partial charge in [-0.25, -0.2) is 9.29 Å². The molecule has 2 saturated heterocycles. The van der Waals surface area contributed by atoms with E-state index in [1.807, 2.05) is 24.3 Å². The normalized spacial score (nSPS) is 24.3. The van der Waals surface area contributed by atoms with Crippen molar-refractivity contribution in [3.63, 3.8) is 0 Å². The minimum absolute atomic E-state index is 0.251. The standard InChI is InChI=1S/C27H20FN3O4/c1-35-20-9-5-4-8-19(20)30-26(33)21-22(27(30)34)24(25(32)15-10-12-17(28)13-11-15)31-23(21)18-7-3-2-6-16(18)14-29-31/h2-14,21-24H,1H3/t21-,22+,23-,24+/m0/s1. The van der Waals surface area contributed by atoms with Gasteiger partial charge in [-0.05, 0) is 47.5 Å². The molecule has 6 rings (SSSR count). The molecule has 35 heavy (non-hydrogen) atoms. The van der Waals surface area contributed by atoms with Crippen LogP contribution < -0.4 is 9.64 Å². The highest BCUT2D eigenvalue weighted by Gasteiger charge is 2.65. The number of hydrogen-bond donors (Lipinski definition) is 0. The number of benzene rings is 3. The first-order valence-corrected chi connectivity index (χ1v) is 11.2. The van der Waals surface area contributed by atoms with Gasteiger partial charge in [0.2, 0.25) is 11.8 Å². The van der Waals surface area contributed by atoms with Crippen LogP contribution in [0.5, 0.6) is 5.75 Å². The van der Waals surface area contributed by atoms with Gasteiger partial charge in [0.25, 0.3) is 0 Å². The van der Waals surface area contributed by atoms with Crippen LogP contribution in [0, 0.1) is 17.7 Å². The van der Waals surface area contributed by atoms with Gasteiger partial charge in [0.15, 0.2) is 5.78 Å². The minimum atomic E-state index is -1.02. The van der Waals surface area contributed by atoms with E-state index in [1.165, 1.54) is 31.4 Å². The van der Waals surface area contributed by atoms with Crippen molar-refractivity contribution in [3.05, 3.63) is 95.3 Å². The molecular weight excluding hydrogens is 449 g/mol. The van der Waals surface area contributed by atoms with Crippen LogP contribution in [0.4, 0.5) is 10.1 Å². The van der Waals surface area contributed by atoms with E-state index in [2.05, 4.69) is 5.10 Å². The van der Waals surface area contributed by atoms with E-state index < -0.39 is 41.6 Å². The van der Waals surface area contributed by atoms with Crippen molar-refractivity contribution < 1.29 is 23.5 Å². The van der Waals surface area contributed by atoms with Gasteiger partial charge < -0.3 is 4.74 Å². The number of methoxy groups -OCH3 is 1. The van der Waals surface area contributed by atoms with Crippen LogP contribution in [0.1, 0.15) is 27.5 Å². The predicted octanol–water partition coefficient (Wildman–Crippen LogP) is 3.60. The van der Waals surface area contributed by atoms with E-state index in [0.29, 0.717) is 11.4 Å². The highest BCUT2D eigenvalue weighted by Crippen LogP contribution is 2.53. The molecule has 8 heteroatoms. The summed E-state index contributed by atoms with van der Waals surface area (Å²) in [7, 11) is 1.47. The third-order valence-electron chi connectivity index (χ3n) is 7.02. The number of hydrogen-bond acceptors (Lipinski definition) is 6. The molecule has 0 aromatic heterocycles. The van der Waals surface area contributed by atoms with Gasteiger partial charge >= 0.3 is 0 Å². The number of halogens is 1. The largest absolute Gasteiger partial charge is 0.495 e. The minimum Gasteiger partial charge on any atom is -0.495 e. The molecule has 0 N–H and O–H groups in total. The first kappa shape index (κ1) is 21.2. The molecule has 2 fully saturated rings. The van der Waals surface area contributed by atoms with E-state index in [-0.39, 0.29) is 11.3 Å². The van der Waals surface area contributed by atoms with Crippen molar-refractivity contribution in [2.75, 3.05) is 12.0 Å². The Morgan fingerprint density at radius 2 is 1.60 bits per heavy atom. The molecule has 3 aliphatic heterocycles. The van der Waals surface area contributed by atoms with Crippen molar-refractivity contribution >= 4 is 29.5 Å². The molecule has 0 unspecified atom stereocenters. The van der Waals surface area contributed by atoms with Crippen LogP contribution >= 0.6 is 0 Å². The fourth-order valence-corrected chi connectivity index (χ4v) is 5.51. The molecule has 2 amide bonds. The highest BCUT2D eigenvalue weighted by atomic mass is 19.1. The summed E-state index contributed by atoms with van der Waals surface area (Å²) in [6, 6.07) is 17.9. The van der Waals surface area contributed by atoms with Gasteiger partial charge in [-0.1, -0.05) is 36.4 Å². The number of carbonyl (C=O) groups is 3. The Bertz CT molecular complexity index is 1400. The summed E-state index contributed by atoms with van der Waals surface area (Å²) in [5.74, 6) is -3.13. The predicted molar refractivity (Wildman–Crippen MR) is 126 cm³/mol. The van der Waals surface area contributed by atoms with Gasteiger partial charge in [-0.3, -0.25) is 19.4 Å². The van der Waals surface area contributed by atoms with Gasteiger partial charge in [0.05, 0.1) is 36.9 Å². The number of carbonyl (C=O) groups excluding carboxylic acids is 3. The van der Waals surface area contributed by atoms with Gasteiger partial charge in [0.1, 0.15) is 17.6 Å². The lowest BCUT2D eigenvalue weighted by atomic mass is 9.83. The maximum absolute atomic E-state index is 13.9. The molecule has 3 aliphatic rings. The van der Waals surface area contributed by atoms with Gasteiger partial charge in [0, 0.05) is 5.56 Å². The SMILES string of the molecule is COc1ccccc1N1C(=O)[C@@H]2[C@H](C1=O)[C@@H]1c3ccccc3C=NN1[C@H]2C(=O)c1ccc(F)cc1. The number of Topliss-reactive ketones (excluding diaryl/α,β-unsaturated/α-hetero) is 1. The maximum Gasteiger partial charge on any atom is 0.240 e. The number of fused-ring (bicyclic) bond motifs is 5. The Labute approximate surface area is 200 Å². The molecule has 0 saturated carbocycles. The third-order valence-corrected chi connectivity index (χ3v) is 7.02. The molecule has 0 aliphatic carbocycles. The highest BCUT2D eigenvalue weighted by molar-refractivity contribution is 6.25. The number of anilines is 1. The fourth-order valence-electron chi connectivity index (χ4n) is 5.51. The number of amides is 2. The molecular formula is C27H20FN3O4. The molecule has 7 nitrogen and oxygen atoms in total. The van der Waals surface area contributed by atoms with E-state index in [1.54, 1.807) is 35.5 Å². The summed E-state index contributed by atoms with van der Waals surface area (Å²) in [6.07, 6.45) is 1.64. The number of nitrogens with zero attached hydrogens (tertiary/aromatic N) is 3. The molecule has 0 radical (unpaired) electrons. The van der Waals surface area contributed by atoms with Crippen LogP contribution in [-0.2, 0) is 9.59 Å². The number of ether oxygens (including phenoxy) is 1. The van der Waals surface area contributed by atoms with Crippen LogP contribution in [0.25, 0.3) is 0 Å². The van der Waals surface area contributed by atoms with E-state index in [4.69, 9.17) is 4.74 Å². The van der Waals surface area contributed by atoms with E-state index in [0.717, 1.165) is 16.0 Å². The molecule has 4 atom stereocenters. The molecule has 0 bridgehead atoms. The monoisotopic (exact) mass is 469 g/mol. The second-order valence-electron chi connectivity index (χ2n) is 8.75. The summed E-state index contributed by atoms with van der Waals surface area (Å²) in [5.41, 5.74) is 2.25. The lowest BCUT2D eigenvalue weighted by Crippen LogP contribution is -2.44. The van der Waals surface area contributed by atoms with Crippen molar-refractivity contribution in [1.29, 1.82) is 0 Å². The van der Waals surface area contributed by atoms with Crippen molar-refractivity contribution in [2.45, 2.75) is 12.1 Å². The van der Waals surface area contributed by atoms with E-state index in [9.17, 15) is 18.8 Å². The quantitative estimate of drug-likeness (QED) is 0.431. The summed E-state index contributed by atoms with van der Waals surface area (Å²) >= 11 is 0. The third kappa shape index (κ3) is 3.02. The van der Waals surface area contributed by atoms with Crippen LogP contribution in [0.3, 0.4) is 0 Å². The zero-order valence-corrected chi connectivity index (χ0v) is 18.7. The average molecular weight is 469 g/mol. The molecule has 174 valence electrons. The second-order valence-corrected chi connectivity index (χ2v) is 8.75. The number of rotatable bonds is 4. The summed E-state index contributed by atoms with van der Waals surface area (Å²) in [4.78, 5) is 42.6. The first-order valence-electron chi connectivity index (χ1n) is 11.2. The lowest BCUT2D eigenvalue weighted by Gasteiger charge is -2.33. The Morgan fingerprint density at radius 1 is 0.914 bits per heavy atom. The van der Waals surface area contributed by atoms with E-state index >= 15 is 0 Å². The molecule has 3 aromatic carbocycles. The molecule has 0 spiro atoms. The smallest absolute Gasteiger partial charge is 0.240 e. The van der Waals surface area contributed by atoms with Crippen LogP contribution in [0.15, 0.2) is 77.9 Å².